The van der Waals surface area contributed by atoms with Crippen LogP contribution in [0.15, 0.2) is 0 Å². The molecule has 0 N–H and O–H groups in total. The Morgan fingerprint density at radius 1 is 1.50 bits per heavy atom. The van der Waals surface area contributed by atoms with E-state index in [1.165, 1.54) is 0 Å². The fourth-order valence-corrected chi connectivity index (χ4v) is 0. The van der Waals surface area contributed by atoms with E-state index in [-0.39, 0.29) is 7.30 Å². The van der Waals surface area contributed by atoms with Crippen LogP contribution in [0.5, 0.6) is 0 Å². The van der Waals surface area contributed by atoms with Gasteiger partial charge in [-0.3, -0.25) is 0 Å². The minimum atomic E-state index is 0.213. The summed E-state index contributed by atoms with van der Waals surface area (Å²) in [6, 6.07) is 0. The molecule has 0 saturated heterocycles. The molecule has 0 bridgehead atoms. The smallest absolute Gasteiger partial charge is 0.0376 e. The Hall–Kier alpha value is 1.29. The van der Waals surface area contributed by atoms with Crippen molar-refractivity contribution in [3.05, 3.63) is 0 Å². The summed E-state index contributed by atoms with van der Waals surface area (Å²) in [5.74, 6) is 0. The largest absolute Gasteiger partial charge is 0.108 e. The summed E-state index contributed by atoms with van der Waals surface area (Å²) in [6.07, 6.45) is 0. The van der Waals surface area contributed by atoms with Crippen molar-refractivity contribution in [1.29, 1.82) is 0 Å². The van der Waals surface area contributed by atoms with Crippen LogP contribution in [0.2, 0.25) is 0 Å². The normalized spacial score (nSPS) is 9.00. The minimum Gasteiger partial charge on any atom is -0.108 e. The number of rotatable bonds is 0. The first-order chi connectivity index (χ1) is 1.73. The molecule has 0 amide bonds. The van der Waals surface area contributed by atoms with Crippen molar-refractivity contribution < 1.29 is 0 Å². The molecule has 0 aromatic heterocycles. The summed E-state index contributed by atoms with van der Waals surface area (Å²) < 4.78 is 0. The quantitative estimate of drug-likeness (QED) is 0.418. The van der Waals surface area contributed by atoms with Crippen LogP contribution < -0.4 is 0 Å². The van der Waals surface area contributed by atoms with Gasteiger partial charge in [-0.2, -0.15) is 0 Å². The van der Waals surface area contributed by atoms with Crippen molar-refractivity contribution >= 4 is 25.2 Å². The molecular weight excluding hydrogens is 105 g/mol. The van der Waals surface area contributed by atoms with Gasteiger partial charge in [-0.05, 0) is 6.66 Å². The molecule has 0 fully saturated rings. The minimum absolute atomic E-state index is 0.213. The monoisotopic (exact) mass is 112 g/mol. The molecule has 0 aromatic carbocycles. The van der Waals surface area contributed by atoms with Gasteiger partial charge in [0.25, 0.3) is 0 Å². The molecule has 0 aromatic rings. The second-order valence-electron chi connectivity index (χ2n) is 0.665. The summed E-state index contributed by atoms with van der Waals surface area (Å²) in [4.78, 5) is 0. The molecule has 0 saturated carbocycles. The van der Waals surface area contributed by atoms with Crippen LogP contribution in [0, 0.1) is 0 Å². The maximum Gasteiger partial charge on any atom is -0.0376 e. The fourth-order valence-electron chi connectivity index (χ4n) is 0. The Labute approximate surface area is 32.7 Å². The van der Waals surface area contributed by atoms with E-state index in [1.807, 2.05) is 0 Å². The van der Waals surface area contributed by atoms with E-state index >= 15 is 0 Å². The lowest BCUT2D eigenvalue weighted by Gasteiger charge is -1.81. The molecule has 0 aliphatic heterocycles. The molecule has 2 atom stereocenters. The highest BCUT2D eigenvalue weighted by atomic mass is 32.4. The van der Waals surface area contributed by atoms with Gasteiger partial charge in [-0.25, -0.2) is 0 Å². The SMILES string of the molecule is CP(P)P. The average Bonchev–Trinajstić information content (AvgIpc) is 0.811. The van der Waals surface area contributed by atoms with Crippen LogP contribution in [-0.4, -0.2) is 6.66 Å². The summed E-state index contributed by atoms with van der Waals surface area (Å²) in [5.41, 5.74) is 0. The standard InChI is InChI=1S/CH7P3/c1-4(2)3/h2-3H2,1H3. The molecular formula is CH7P3. The van der Waals surface area contributed by atoms with E-state index in [0.29, 0.717) is 0 Å². The molecule has 0 aliphatic carbocycles. The molecule has 26 valence electrons. The lowest BCUT2D eigenvalue weighted by molar-refractivity contribution is 2.50. The molecule has 0 heterocycles. The second-order valence-corrected chi connectivity index (χ2v) is 8.67. The van der Waals surface area contributed by atoms with Gasteiger partial charge in [0, 0.05) is 0 Å². The van der Waals surface area contributed by atoms with Gasteiger partial charge in [-0.15, -0.1) is 17.9 Å². The Balaban J connectivity index is 2.32. The molecule has 4 heavy (non-hydrogen) atoms. The highest BCUT2D eigenvalue weighted by molar-refractivity contribution is 8.43. The van der Waals surface area contributed by atoms with Gasteiger partial charge in [0.05, 0.1) is 0 Å². The van der Waals surface area contributed by atoms with Crippen LogP contribution in [0.4, 0.5) is 0 Å². The van der Waals surface area contributed by atoms with E-state index in [9.17, 15) is 0 Å². The zero-order valence-corrected chi connectivity index (χ0v) is 5.81. The van der Waals surface area contributed by atoms with Crippen molar-refractivity contribution in [3.63, 3.8) is 0 Å². The predicted molar refractivity (Wildman–Crippen MR) is 32.3 cm³/mol. The summed E-state index contributed by atoms with van der Waals surface area (Å²) in [5, 5.41) is 0. The van der Waals surface area contributed by atoms with Crippen molar-refractivity contribution in [2.75, 3.05) is 6.66 Å². The Morgan fingerprint density at radius 2 is 1.50 bits per heavy atom. The summed E-state index contributed by atoms with van der Waals surface area (Å²) >= 11 is 0. The first kappa shape index (κ1) is 5.29. The molecule has 0 rings (SSSR count). The first-order valence-corrected chi connectivity index (χ1v) is 5.99. The first-order valence-electron chi connectivity index (χ1n) is 0.964. The maximum atomic E-state index is 2.69. The molecule has 0 nitrogen and oxygen atoms in total. The highest BCUT2D eigenvalue weighted by Crippen LogP contribution is 2.48. The molecule has 0 aliphatic rings. The van der Waals surface area contributed by atoms with Crippen LogP contribution in [0.3, 0.4) is 0 Å². The van der Waals surface area contributed by atoms with Crippen LogP contribution in [0.25, 0.3) is 0 Å². The van der Waals surface area contributed by atoms with Crippen molar-refractivity contribution in [3.8, 4) is 0 Å². The van der Waals surface area contributed by atoms with E-state index in [2.05, 4.69) is 24.5 Å². The molecule has 0 spiro atoms. The summed E-state index contributed by atoms with van der Waals surface area (Å²) in [7, 11) is 5.58. The predicted octanol–water partition coefficient (Wildman–Crippen LogP) is 1.68. The van der Waals surface area contributed by atoms with Crippen LogP contribution in [-0.2, 0) is 0 Å². The third kappa shape index (κ3) is 10.4. The van der Waals surface area contributed by atoms with E-state index < -0.39 is 0 Å². The lowest BCUT2D eigenvalue weighted by Crippen LogP contribution is -1.16. The highest BCUT2D eigenvalue weighted by Gasteiger charge is 1.66. The van der Waals surface area contributed by atoms with Crippen LogP contribution >= 0.6 is 25.2 Å². The summed E-state index contributed by atoms with van der Waals surface area (Å²) in [6.45, 7) is 2.16. The fraction of sp³-hybridized carbons (Fsp3) is 1.00. The van der Waals surface area contributed by atoms with Gasteiger partial charge in [0.1, 0.15) is 0 Å². The molecule has 0 radical (unpaired) electrons. The zero-order valence-electron chi connectivity index (χ0n) is 2.60. The maximum absolute atomic E-state index is 2.69. The second kappa shape index (κ2) is 2.52. The van der Waals surface area contributed by atoms with Crippen molar-refractivity contribution in [1.82, 2.24) is 0 Å². The Morgan fingerprint density at radius 3 is 1.50 bits per heavy atom. The Bertz CT molecular complexity index is 8.00. The van der Waals surface area contributed by atoms with Crippen molar-refractivity contribution in [2.24, 2.45) is 0 Å². The van der Waals surface area contributed by atoms with Crippen molar-refractivity contribution in [2.45, 2.75) is 0 Å². The third-order valence-corrected chi connectivity index (χ3v) is 0. The van der Waals surface area contributed by atoms with E-state index in [1.54, 1.807) is 0 Å². The van der Waals surface area contributed by atoms with Gasteiger partial charge < -0.3 is 0 Å². The lowest BCUT2D eigenvalue weighted by atomic mass is 12.0. The van der Waals surface area contributed by atoms with Gasteiger partial charge in [-0.1, -0.05) is 7.30 Å². The molecule has 2 unspecified atom stereocenters. The Kier molecular flexibility index (Phi) is 3.34. The van der Waals surface area contributed by atoms with Gasteiger partial charge >= 0.3 is 0 Å². The zero-order chi connectivity index (χ0) is 3.58. The van der Waals surface area contributed by atoms with Gasteiger partial charge in [0.2, 0.25) is 0 Å². The number of hydrogen-bond donors (Lipinski definition) is 0. The number of hydrogen-bond acceptors (Lipinski definition) is 0. The third-order valence-electron chi connectivity index (χ3n) is 0. The average molecular weight is 112 g/mol. The van der Waals surface area contributed by atoms with E-state index in [4.69, 9.17) is 0 Å². The van der Waals surface area contributed by atoms with E-state index in [0.717, 1.165) is 0 Å². The molecule has 3 heteroatoms. The van der Waals surface area contributed by atoms with Gasteiger partial charge in [0.15, 0.2) is 0 Å². The van der Waals surface area contributed by atoms with Crippen LogP contribution in [0.1, 0.15) is 0 Å². The topological polar surface area (TPSA) is 0 Å².